The Kier molecular flexibility index (Phi) is 4.61. The van der Waals surface area contributed by atoms with Crippen LogP contribution in [0.4, 0.5) is 5.69 Å². The van der Waals surface area contributed by atoms with Crippen molar-refractivity contribution in [3.63, 3.8) is 0 Å². The van der Waals surface area contributed by atoms with Gasteiger partial charge in [0.25, 0.3) is 5.69 Å². The number of likely N-dealkylation sites (N-methyl/N-ethyl adjacent to an activating group) is 1. The van der Waals surface area contributed by atoms with Crippen LogP contribution in [-0.4, -0.2) is 35.7 Å². The highest BCUT2D eigenvalue weighted by molar-refractivity contribution is 5.73. The third-order valence-corrected chi connectivity index (χ3v) is 2.44. The van der Waals surface area contributed by atoms with Crippen molar-refractivity contribution in [3.8, 4) is 5.75 Å². The predicted octanol–water partition coefficient (Wildman–Crippen LogP) is 0.955. The maximum Gasteiger partial charge on any atom is 0.324 e. The summed E-state index contributed by atoms with van der Waals surface area (Å²) in [5.41, 5.74) is 0.472. The minimum absolute atomic E-state index is 0.0520. The maximum absolute atomic E-state index is 10.7. The molecule has 1 rings (SSSR count). The number of aryl methyl sites for hydroxylation is 1. The number of hydrogen-bond donors (Lipinski definition) is 2. The number of carboxylic acid groups (broad SMARTS) is 1. The molecule has 0 spiro atoms. The Bertz CT molecular complexity index is 461. The van der Waals surface area contributed by atoms with Crippen LogP contribution in [0.25, 0.3) is 0 Å². The number of rotatable bonds is 6. The molecule has 7 heteroatoms. The lowest BCUT2D eigenvalue weighted by molar-refractivity contribution is -0.385. The van der Waals surface area contributed by atoms with Gasteiger partial charge >= 0.3 is 5.97 Å². The quantitative estimate of drug-likeness (QED) is 0.579. The van der Waals surface area contributed by atoms with Gasteiger partial charge in [-0.1, -0.05) is 0 Å². The first-order valence-corrected chi connectivity index (χ1v) is 5.23. The van der Waals surface area contributed by atoms with Gasteiger partial charge in [-0.25, -0.2) is 0 Å². The molecule has 0 heterocycles. The normalized spacial score (nSPS) is 11.9. The average molecular weight is 254 g/mol. The van der Waals surface area contributed by atoms with E-state index in [0.29, 0.717) is 5.56 Å². The molecular weight excluding hydrogens is 240 g/mol. The van der Waals surface area contributed by atoms with E-state index in [1.54, 1.807) is 19.1 Å². The molecule has 98 valence electrons. The van der Waals surface area contributed by atoms with E-state index in [-0.39, 0.29) is 18.0 Å². The van der Waals surface area contributed by atoms with Gasteiger partial charge in [0, 0.05) is 5.56 Å². The molecule has 1 unspecified atom stereocenters. The number of nitrogens with zero attached hydrogens (tertiary/aromatic N) is 1. The van der Waals surface area contributed by atoms with Gasteiger partial charge in [0.15, 0.2) is 0 Å². The Morgan fingerprint density at radius 2 is 2.28 bits per heavy atom. The summed E-state index contributed by atoms with van der Waals surface area (Å²) in [6.45, 7) is 1.52. The molecule has 0 saturated heterocycles. The Morgan fingerprint density at radius 3 is 2.78 bits per heavy atom. The highest BCUT2D eigenvalue weighted by atomic mass is 16.6. The van der Waals surface area contributed by atoms with Crippen LogP contribution in [0.5, 0.6) is 5.75 Å². The number of hydrogen-bond acceptors (Lipinski definition) is 5. The van der Waals surface area contributed by atoms with E-state index >= 15 is 0 Å². The largest absolute Gasteiger partial charge is 0.491 e. The Hall–Kier alpha value is -2.15. The molecule has 0 aliphatic carbocycles. The Labute approximate surface area is 104 Å². The van der Waals surface area contributed by atoms with E-state index in [4.69, 9.17) is 9.84 Å². The van der Waals surface area contributed by atoms with Crippen LogP contribution in [0, 0.1) is 17.0 Å². The summed E-state index contributed by atoms with van der Waals surface area (Å²) in [7, 11) is 1.50. The second kappa shape index (κ2) is 5.97. The highest BCUT2D eigenvalue weighted by Crippen LogP contribution is 2.23. The third kappa shape index (κ3) is 3.42. The summed E-state index contributed by atoms with van der Waals surface area (Å²) in [6, 6.07) is 3.55. The third-order valence-electron chi connectivity index (χ3n) is 2.44. The molecule has 0 bridgehead atoms. The van der Waals surface area contributed by atoms with Gasteiger partial charge < -0.3 is 15.2 Å². The van der Waals surface area contributed by atoms with Gasteiger partial charge in [-0.2, -0.15) is 0 Å². The zero-order chi connectivity index (χ0) is 13.7. The standard InChI is InChI=1S/C11H14N2O5/c1-7-3-4-8(5-10(7)13(16)17)18-6-9(12-2)11(14)15/h3-5,9,12H,6H2,1-2H3,(H,14,15). The van der Waals surface area contributed by atoms with Crippen LogP contribution >= 0.6 is 0 Å². The zero-order valence-corrected chi connectivity index (χ0v) is 10.0. The molecule has 1 aromatic carbocycles. The second-order valence-corrected chi connectivity index (χ2v) is 3.70. The topological polar surface area (TPSA) is 102 Å². The number of nitro groups is 1. The van der Waals surface area contributed by atoms with Crippen LogP contribution in [0.3, 0.4) is 0 Å². The number of aliphatic carboxylic acids is 1. The lowest BCUT2D eigenvalue weighted by atomic mass is 10.2. The van der Waals surface area contributed by atoms with Crippen molar-refractivity contribution in [2.45, 2.75) is 13.0 Å². The maximum atomic E-state index is 10.7. The van der Waals surface area contributed by atoms with E-state index < -0.39 is 16.9 Å². The van der Waals surface area contributed by atoms with Gasteiger partial charge in [0.1, 0.15) is 18.4 Å². The number of nitrogens with one attached hydrogen (secondary N) is 1. The van der Waals surface area contributed by atoms with Crippen molar-refractivity contribution in [1.29, 1.82) is 0 Å². The lowest BCUT2D eigenvalue weighted by Gasteiger charge is -2.12. The predicted molar refractivity (Wildman–Crippen MR) is 63.8 cm³/mol. The van der Waals surface area contributed by atoms with Crippen LogP contribution in [-0.2, 0) is 4.79 Å². The van der Waals surface area contributed by atoms with Crippen molar-refractivity contribution in [2.24, 2.45) is 0 Å². The van der Waals surface area contributed by atoms with E-state index in [1.807, 2.05) is 0 Å². The zero-order valence-electron chi connectivity index (χ0n) is 10.0. The number of carbonyl (C=O) groups is 1. The molecule has 0 saturated carbocycles. The molecule has 7 nitrogen and oxygen atoms in total. The molecule has 0 amide bonds. The summed E-state index contributed by atoms with van der Waals surface area (Å²) in [6.07, 6.45) is 0. The first-order chi connectivity index (χ1) is 8.45. The van der Waals surface area contributed by atoms with Gasteiger partial charge in [-0.3, -0.25) is 14.9 Å². The molecule has 0 aromatic heterocycles. The van der Waals surface area contributed by atoms with Gasteiger partial charge in [-0.15, -0.1) is 0 Å². The number of nitro benzene ring substituents is 1. The monoisotopic (exact) mass is 254 g/mol. The minimum atomic E-state index is -1.04. The molecule has 18 heavy (non-hydrogen) atoms. The molecule has 1 aromatic rings. The smallest absolute Gasteiger partial charge is 0.324 e. The van der Waals surface area contributed by atoms with Crippen LogP contribution in [0.1, 0.15) is 5.56 Å². The molecule has 0 fully saturated rings. The fourth-order valence-corrected chi connectivity index (χ4v) is 1.33. The fraction of sp³-hybridized carbons (Fsp3) is 0.364. The number of carboxylic acids is 1. The summed E-state index contributed by atoms with van der Waals surface area (Å²) < 4.78 is 5.22. The first-order valence-electron chi connectivity index (χ1n) is 5.23. The summed E-state index contributed by atoms with van der Waals surface area (Å²) >= 11 is 0. The molecule has 0 radical (unpaired) electrons. The van der Waals surface area contributed by atoms with Crippen molar-refractivity contribution >= 4 is 11.7 Å². The SMILES string of the molecule is CNC(COc1ccc(C)c([N+](=O)[O-])c1)C(=O)O. The highest BCUT2D eigenvalue weighted by Gasteiger charge is 2.17. The molecule has 0 aliphatic rings. The molecule has 2 N–H and O–H groups in total. The van der Waals surface area contributed by atoms with E-state index in [9.17, 15) is 14.9 Å². The van der Waals surface area contributed by atoms with Crippen LogP contribution in [0.15, 0.2) is 18.2 Å². The van der Waals surface area contributed by atoms with Crippen LogP contribution < -0.4 is 10.1 Å². The van der Waals surface area contributed by atoms with E-state index in [1.165, 1.54) is 13.1 Å². The Balaban J connectivity index is 2.77. The van der Waals surface area contributed by atoms with Crippen molar-refractivity contribution < 1.29 is 19.6 Å². The molecule has 1 atom stereocenters. The second-order valence-electron chi connectivity index (χ2n) is 3.70. The van der Waals surface area contributed by atoms with Crippen molar-refractivity contribution in [1.82, 2.24) is 5.32 Å². The summed E-state index contributed by atoms with van der Waals surface area (Å²) in [4.78, 5) is 20.9. The average Bonchev–Trinajstić information content (AvgIpc) is 2.31. The van der Waals surface area contributed by atoms with Crippen molar-refractivity contribution in [3.05, 3.63) is 33.9 Å². The molecule has 0 aliphatic heterocycles. The summed E-state index contributed by atoms with van der Waals surface area (Å²) in [5.74, 6) is -0.770. The number of ether oxygens (including phenoxy) is 1. The fourth-order valence-electron chi connectivity index (χ4n) is 1.33. The van der Waals surface area contributed by atoms with Gasteiger partial charge in [-0.05, 0) is 26.1 Å². The van der Waals surface area contributed by atoms with Gasteiger partial charge in [0.2, 0.25) is 0 Å². The molecular formula is C11H14N2O5. The lowest BCUT2D eigenvalue weighted by Crippen LogP contribution is -2.39. The number of benzene rings is 1. The van der Waals surface area contributed by atoms with Gasteiger partial charge in [0.05, 0.1) is 11.0 Å². The first kappa shape index (κ1) is 13.9. The van der Waals surface area contributed by atoms with E-state index in [0.717, 1.165) is 0 Å². The van der Waals surface area contributed by atoms with Crippen molar-refractivity contribution in [2.75, 3.05) is 13.7 Å². The minimum Gasteiger partial charge on any atom is -0.491 e. The van der Waals surface area contributed by atoms with E-state index in [2.05, 4.69) is 5.32 Å². The Morgan fingerprint density at radius 1 is 1.61 bits per heavy atom. The van der Waals surface area contributed by atoms with Crippen LogP contribution in [0.2, 0.25) is 0 Å². The summed E-state index contributed by atoms with van der Waals surface area (Å²) in [5, 5.41) is 22.1.